The predicted molar refractivity (Wildman–Crippen MR) is 75.9 cm³/mol. The smallest absolute Gasteiger partial charge is 0.336 e. The van der Waals surface area contributed by atoms with Crippen molar-refractivity contribution < 1.29 is 14.3 Å². The van der Waals surface area contributed by atoms with Crippen LogP contribution in [0.15, 0.2) is 34.1 Å². The highest BCUT2D eigenvalue weighted by Gasteiger charge is 2.06. The normalized spacial score (nSPS) is 10.6. The maximum Gasteiger partial charge on any atom is 0.336 e. The highest BCUT2D eigenvalue weighted by Crippen LogP contribution is 2.18. The van der Waals surface area contributed by atoms with E-state index in [0.717, 1.165) is 14.9 Å². The maximum absolute atomic E-state index is 13.1. The van der Waals surface area contributed by atoms with Gasteiger partial charge in [-0.2, -0.15) is 0 Å². The number of halogens is 2. The van der Waals surface area contributed by atoms with Crippen LogP contribution in [0.2, 0.25) is 0 Å². The Morgan fingerprint density at radius 1 is 1.37 bits per heavy atom. The molecule has 0 amide bonds. The number of hydrogen-bond donors (Lipinski definition) is 2. The van der Waals surface area contributed by atoms with Crippen LogP contribution in [0.1, 0.15) is 20.8 Å². The molecule has 0 bridgehead atoms. The van der Waals surface area contributed by atoms with Gasteiger partial charge in [0, 0.05) is 27.8 Å². The molecule has 0 saturated carbocycles. The predicted octanol–water partition coefficient (Wildman–Crippen LogP) is 3.64. The molecule has 2 aromatic rings. The van der Waals surface area contributed by atoms with Crippen LogP contribution in [0.4, 0.5) is 4.39 Å². The molecule has 2 rings (SSSR count). The number of aromatic carboxylic acids is 1. The Hall–Kier alpha value is -1.24. The zero-order valence-corrected chi connectivity index (χ0v) is 12.2. The molecule has 2 N–H and O–H groups in total. The van der Waals surface area contributed by atoms with E-state index in [4.69, 9.17) is 5.11 Å². The number of benzene rings is 1. The van der Waals surface area contributed by atoms with Crippen molar-refractivity contribution in [3.8, 4) is 0 Å². The molecule has 0 saturated heterocycles. The van der Waals surface area contributed by atoms with Crippen molar-refractivity contribution >= 4 is 33.2 Å². The summed E-state index contributed by atoms with van der Waals surface area (Å²) in [7, 11) is 0. The SMILES string of the molecule is O=C(O)c1csc(CNCc2cc(F)ccc2Br)c1. The summed E-state index contributed by atoms with van der Waals surface area (Å²) in [5.74, 6) is -1.19. The van der Waals surface area contributed by atoms with Crippen LogP contribution in [0, 0.1) is 5.82 Å². The highest BCUT2D eigenvalue weighted by atomic mass is 79.9. The molecule has 0 atom stereocenters. The number of rotatable bonds is 5. The number of carboxylic acid groups (broad SMARTS) is 1. The standard InChI is InChI=1S/C13H11BrFNO2S/c14-12-2-1-10(15)3-8(12)5-16-6-11-4-9(7-19-11)13(17)18/h1-4,7,16H,5-6H2,(H,17,18). The summed E-state index contributed by atoms with van der Waals surface area (Å²) in [6.45, 7) is 1.07. The van der Waals surface area contributed by atoms with Crippen molar-refractivity contribution in [1.29, 1.82) is 0 Å². The molecule has 3 nitrogen and oxygen atoms in total. The second kappa shape index (κ2) is 6.27. The van der Waals surface area contributed by atoms with E-state index in [-0.39, 0.29) is 5.82 Å². The van der Waals surface area contributed by atoms with Gasteiger partial charge >= 0.3 is 5.97 Å². The fraction of sp³-hybridized carbons (Fsp3) is 0.154. The zero-order chi connectivity index (χ0) is 13.8. The van der Waals surface area contributed by atoms with Crippen molar-refractivity contribution in [2.24, 2.45) is 0 Å². The molecule has 19 heavy (non-hydrogen) atoms. The summed E-state index contributed by atoms with van der Waals surface area (Å²) in [6.07, 6.45) is 0. The molecule has 0 fully saturated rings. The Kier molecular flexibility index (Phi) is 4.68. The van der Waals surface area contributed by atoms with Gasteiger partial charge in [0.05, 0.1) is 5.56 Å². The van der Waals surface area contributed by atoms with Crippen molar-refractivity contribution in [1.82, 2.24) is 5.32 Å². The summed E-state index contributed by atoms with van der Waals surface area (Å²) >= 11 is 4.75. The Morgan fingerprint density at radius 3 is 2.84 bits per heavy atom. The molecule has 0 aliphatic carbocycles. The van der Waals surface area contributed by atoms with Gasteiger partial charge in [0.1, 0.15) is 5.82 Å². The second-order valence-corrected chi connectivity index (χ2v) is 5.80. The Labute approximate surface area is 122 Å². The lowest BCUT2D eigenvalue weighted by atomic mass is 10.2. The van der Waals surface area contributed by atoms with Gasteiger partial charge in [-0.1, -0.05) is 15.9 Å². The number of hydrogen-bond acceptors (Lipinski definition) is 3. The van der Waals surface area contributed by atoms with Gasteiger partial charge in [-0.25, -0.2) is 9.18 Å². The number of carbonyl (C=O) groups is 1. The maximum atomic E-state index is 13.1. The first kappa shape index (κ1) is 14.2. The third kappa shape index (κ3) is 3.86. The quantitative estimate of drug-likeness (QED) is 0.871. The summed E-state index contributed by atoms with van der Waals surface area (Å²) in [4.78, 5) is 11.7. The van der Waals surface area contributed by atoms with E-state index in [9.17, 15) is 9.18 Å². The van der Waals surface area contributed by atoms with E-state index in [0.29, 0.717) is 18.7 Å². The lowest BCUT2D eigenvalue weighted by Gasteiger charge is -2.06. The van der Waals surface area contributed by atoms with Gasteiger partial charge in [0.15, 0.2) is 0 Å². The first-order chi connectivity index (χ1) is 9.06. The molecule has 0 aliphatic heterocycles. The van der Waals surface area contributed by atoms with Crippen molar-refractivity contribution in [2.75, 3.05) is 0 Å². The van der Waals surface area contributed by atoms with Crippen LogP contribution in [0.3, 0.4) is 0 Å². The van der Waals surface area contributed by atoms with Crippen LogP contribution < -0.4 is 5.32 Å². The van der Waals surface area contributed by atoms with E-state index in [1.54, 1.807) is 17.5 Å². The van der Waals surface area contributed by atoms with Crippen LogP contribution in [-0.2, 0) is 13.1 Å². The van der Waals surface area contributed by atoms with Gasteiger partial charge in [-0.05, 0) is 29.8 Å². The van der Waals surface area contributed by atoms with Gasteiger partial charge < -0.3 is 10.4 Å². The van der Waals surface area contributed by atoms with Crippen LogP contribution in [0.5, 0.6) is 0 Å². The first-order valence-electron chi connectivity index (χ1n) is 5.51. The lowest BCUT2D eigenvalue weighted by molar-refractivity contribution is 0.0697. The Morgan fingerprint density at radius 2 is 2.16 bits per heavy atom. The largest absolute Gasteiger partial charge is 0.478 e. The minimum atomic E-state index is -0.921. The average molecular weight is 344 g/mol. The minimum Gasteiger partial charge on any atom is -0.478 e. The zero-order valence-electron chi connectivity index (χ0n) is 9.82. The highest BCUT2D eigenvalue weighted by molar-refractivity contribution is 9.10. The summed E-state index contributed by atoms with van der Waals surface area (Å²) < 4.78 is 13.9. The van der Waals surface area contributed by atoms with Crippen molar-refractivity contribution in [3.63, 3.8) is 0 Å². The van der Waals surface area contributed by atoms with E-state index in [2.05, 4.69) is 21.2 Å². The molecular weight excluding hydrogens is 333 g/mol. The molecule has 1 aromatic carbocycles. The minimum absolute atomic E-state index is 0.274. The third-order valence-corrected chi connectivity index (χ3v) is 4.23. The molecule has 0 unspecified atom stereocenters. The monoisotopic (exact) mass is 343 g/mol. The van der Waals surface area contributed by atoms with E-state index in [1.165, 1.54) is 23.5 Å². The topological polar surface area (TPSA) is 49.3 Å². The van der Waals surface area contributed by atoms with Crippen LogP contribution >= 0.6 is 27.3 Å². The molecule has 1 heterocycles. The second-order valence-electron chi connectivity index (χ2n) is 3.95. The summed E-state index contributed by atoms with van der Waals surface area (Å²) in [5, 5.41) is 13.6. The van der Waals surface area contributed by atoms with Crippen LogP contribution in [0.25, 0.3) is 0 Å². The van der Waals surface area contributed by atoms with Crippen molar-refractivity contribution in [2.45, 2.75) is 13.1 Å². The Balaban J connectivity index is 1.92. The van der Waals surface area contributed by atoms with E-state index in [1.807, 2.05) is 0 Å². The summed E-state index contributed by atoms with van der Waals surface area (Å²) in [6, 6.07) is 6.17. The van der Waals surface area contributed by atoms with Gasteiger partial charge in [0.2, 0.25) is 0 Å². The van der Waals surface area contributed by atoms with Gasteiger partial charge in [0.25, 0.3) is 0 Å². The number of thiophene rings is 1. The first-order valence-corrected chi connectivity index (χ1v) is 7.19. The average Bonchev–Trinajstić information content (AvgIpc) is 2.82. The fourth-order valence-electron chi connectivity index (χ4n) is 1.58. The number of carboxylic acids is 1. The Bertz CT molecular complexity index is 600. The fourth-order valence-corrected chi connectivity index (χ4v) is 2.80. The van der Waals surface area contributed by atoms with Gasteiger partial charge in [-0.3, -0.25) is 0 Å². The van der Waals surface area contributed by atoms with E-state index >= 15 is 0 Å². The van der Waals surface area contributed by atoms with E-state index < -0.39 is 5.97 Å². The van der Waals surface area contributed by atoms with Gasteiger partial charge in [-0.15, -0.1) is 11.3 Å². The molecule has 100 valence electrons. The molecule has 1 aromatic heterocycles. The van der Waals surface area contributed by atoms with Crippen molar-refractivity contribution in [3.05, 3.63) is 55.9 Å². The van der Waals surface area contributed by atoms with Crippen LogP contribution in [-0.4, -0.2) is 11.1 Å². The summed E-state index contributed by atoms with van der Waals surface area (Å²) in [5.41, 5.74) is 1.13. The molecule has 0 spiro atoms. The third-order valence-electron chi connectivity index (χ3n) is 2.52. The molecule has 0 radical (unpaired) electrons. The molecule has 6 heteroatoms. The number of nitrogens with one attached hydrogen (secondary N) is 1. The molecular formula is C13H11BrFNO2S. The molecule has 0 aliphatic rings. The lowest BCUT2D eigenvalue weighted by Crippen LogP contribution is -2.12.